The zero-order chi connectivity index (χ0) is 26.5. The fourth-order valence-corrected chi connectivity index (χ4v) is 3.44. The van der Waals surface area contributed by atoms with Gasteiger partial charge in [0.1, 0.15) is 41.3 Å². The van der Waals surface area contributed by atoms with E-state index in [1.165, 1.54) is 43.6 Å². The molecule has 3 aromatic carbocycles. The van der Waals surface area contributed by atoms with Crippen LogP contribution in [0.1, 0.15) is 20.7 Å². The van der Waals surface area contributed by atoms with Gasteiger partial charge in [-0.2, -0.15) is 0 Å². The second-order valence-electron chi connectivity index (χ2n) is 7.70. The standard InChI is InChI=1S/C26H20F3N3O5/c1-35-8-9-36-24-13-22-17(12-18(24)25(30)33)23(6-7-31-22)37-15-3-5-21(20(29)11-15)32-26(34)16-4-2-14(27)10-19(16)28/h2-7,10-13H,8-9H2,1H3,(H2,30,33)(H,32,34). The second kappa shape index (κ2) is 11.0. The van der Waals surface area contributed by atoms with Crippen molar-refractivity contribution in [2.45, 2.75) is 0 Å². The lowest BCUT2D eigenvalue weighted by Gasteiger charge is -2.14. The molecule has 0 aliphatic heterocycles. The number of nitrogens with two attached hydrogens (primary N) is 1. The molecule has 8 nitrogen and oxygen atoms in total. The summed E-state index contributed by atoms with van der Waals surface area (Å²) >= 11 is 0. The van der Waals surface area contributed by atoms with Gasteiger partial charge >= 0.3 is 0 Å². The quantitative estimate of drug-likeness (QED) is 0.312. The van der Waals surface area contributed by atoms with Gasteiger partial charge in [-0.1, -0.05) is 0 Å². The van der Waals surface area contributed by atoms with Gasteiger partial charge in [0.2, 0.25) is 0 Å². The van der Waals surface area contributed by atoms with Gasteiger partial charge in [0.25, 0.3) is 11.8 Å². The van der Waals surface area contributed by atoms with Crippen molar-refractivity contribution in [2.24, 2.45) is 5.73 Å². The summed E-state index contributed by atoms with van der Waals surface area (Å²) in [4.78, 5) is 28.5. The fraction of sp³-hybridized carbons (Fsp3) is 0.115. The molecule has 0 saturated heterocycles. The first-order valence-electron chi connectivity index (χ1n) is 10.8. The average molecular weight is 511 g/mol. The summed E-state index contributed by atoms with van der Waals surface area (Å²) in [5.41, 5.74) is 5.35. The van der Waals surface area contributed by atoms with Crippen molar-refractivity contribution in [3.63, 3.8) is 0 Å². The number of aromatic nitrogens is 1. The highest BCUT2D eigenvalue weighted by atomic mass is 19.1. The predicted molar refractivity (Wildman–Crippen MR) is 128 cm³/mol. The maximum atomic E-state index is 14.7. The van der Waals surface area contributed by atoms with E-state index < -0.39 is 34.8 Å². The summed E-state index contributed by atoms with van der Waals surface area (Å²) in [6.07, 6.45) is 1.46. The van der Waals surface area contributed by atoms with Gasteiger partial charge in [-0.25, -0.2) is 13.2 Å². The van der Waals surface area contributed by atoms with Gasteiger partial charge in [-0.3, -0.25) is 14.6 Å². The highest BCUT2D eigenvalue weighted by molar-refractivity contribution is 6.04. The van der Waals surface area contributed by atoms with Crippen LogP contribution in [-0.4, -0.2) is 37.1 Å². The van der Waals surface area contributed by atoms with Crippen molar-refractivity contribution < 1.29 is 37.0 Å². The SMILES string of the molecule is COCCOc1cc2nccc(Oc3ccc(NC(=O)c4ccc(F)cc4F)c(F)c3)c2cc1C(N)=O. The molecule has 0 fully saturated rings. The average Bonchev–Trinajstić information content (AvgIpc) is 2.85. The van der Waals surface area contributed by atoms with Crippen LogP contribution in [0.5, 0.6) is 17.2 Å². The lowest BCUT2D eigenvalue weighted by Crippen LogP contribution is -2.15. The minimum Gasteiger partial charge on any atom is -0.490 e. The highest BCUT2D eigenvalue weighted by Crippen LogP contribution is 2.34. The second-order valence-corrected chi connectivity index (χ2v) is 7.70. The Labute approximate surface area is 208 Å². The molecule has 3 N–H and O–H groups in total. The van der Waals surface area contributed by atoms with E-state index in [4.69, 9.17) is 19.9 Å². The van der Waals surface area contributed by atoms with Gasteiger partial charge in [-0.05, 0) is 36.4 Å². The zero-order valence-corrected chi connectivity index (χ0v) is 19.4. The molecular formula is C26H20F3N3O5. The van der Waals surface area contributed by atoms with Crippen LogP contribution in [-0.2, 0) is 4.74 Å². The first-order valence-corrected chi connectivity index (χ1v) is 10.8. The molecule has 0 aliphatic carbocycles. The Morgan fingerprint density at radius 1 is 0.919 bits per heavy atom. The van der Waals surface area contributed by atoms with Crippen LogP contribution in [0.2, 0.25) is 0 Å². The molecule has 2 amide bonds. The zero-order valence-electron chi connectivity index (χ0n) is 19.4. The minimum absolute atomic E-state index is 0.0667. The minimum atomic E-state index is -1.08. The number of nitrogens with zero attached hydrogens (tertiary/aromatic N) is 1. The Kier molecular flexibility index (Phi) is 7.54. The van der Waals surface area contributed by atoms with E-state index in [0.29, 0.717) is 23.6 Å². The molecule has 1 aromatic heterocycles. The number of ether oxygens (including phenoxy) is 3. The Bertz CT molecular complexity index is 1500. The number of amides is 2. The summed E-state index contributed by atoms with van der Waals surface area (Å²) in [6.45, 7) is 0.488. The fourth-order valence-electron chi connectivity index (χ4n) is 3.44. The third-order valence-electron chi connectivity index (χ3n) is 5.21. The number of carbonyl (C=O) groups excluding carboxylic acids is 2. The molecule has 0 bridgehead atoms. The van der Waals surface area contributed by atoms with Gasteiger partial charge in [0, 0.05) is 36.9 Å². The number of primary amides is 1. The molecule has 4 aromatic rings. The van der Waals surface area contributed by atoms with Crippen LogP contribution < -0.4 is 20.5 Å². The van der Waals surface area contributed by atoms with Crippen LogP contribution >= 0.6 is 0 Å². The van der Waals surface area contributed by atoms with Crippen molar-refractivity contribution >= 4 is 28.4 Å². The highest BCUT2D eigenvalue weighted by Gasteiger charge is 2.17. The number of anilines is 1. The molecule has 4 rings (SSSR count). The van der Waals surface area contributed by atoms with Crippen molar-refractivity contribution in [1.82, 2.24) is 4.98 Å². The smallest absolute Gasteiger partial charge is 0.258 e. The predicted octanol–water partition coefficient (Wildman–Crippen LogP) is 4.82. The summed E-state index contributed by atoms with van der Waals surface area (Å²) in [6, 6.07) is 10.6. The summed E-state index contributed by atoms with van der Waals surface area (Å²) in [7, 11) is 1.51. The van der Waals surface area contributed by atoms with Gasteiger partial charge in [0.05, 0.1) is 28.9 Å². The molecule has 190 valence electrons. The molecule has 37 heavy (non-hydrogen) atoms. The van der Waals surface area contributed by atoms with Gasteiger partial charge in [-0.15, -0.1) is 0 Å². The van der Waals surface area contributed by atoms with E-state index in [-0.39, 0.29) is 35.1 Å². The van der Waals surface area contributed by atoms with Crippen molar-refractivity contribution in [2.75, 3.05) is 25.6 Å². The van der Waals surface area contributed by atoms with Crippen LogP contribution in [0.4, 0.5) is 18.9 Å². The number of fused-ring (bicyclic) bond motifs is 1. The maximum Gasteiger partial charge on any atom is 0.258 e. The Balaban J connectivity index is 1.58. The molecule has 0 atom stereocenters. The van der Waals surface area contributed by atoms with Gasteiger partial charge < -0.3 is 25.3 Å². The molecule has 0 aliphatic rings. The van der Waals surface area contributed by atoms with E-state index in [1.54, 1.807) is 0 Å². The van der Waals surface area contributed by atoms with E-state index in [1.807, 2.05) is 0 Å². The Morgan fingerprint density at radius 3 is 2.43 bits per heavy atom. The number of hydrogen-bond donors (Lipinski definition) is 2. The van der Waals surface area contributed by atoms with Crippen molar-refractivity contribution in [3.8, 4) is 17.2 Å². The topological polar surface area (TPSA) is 113 Å². The van der Waals surface area contributed by atoms with E-state index in [0.717, 1.165) is 18.2 Å². The van der Waals surface area contributed by atoms with E-state index >= 15 is 0 Å². The number of carbonyl (C=O) groups is 2. The molecule has 0 saturated carbocycles. The molecule has 1 heterocycles. The molecule has 11 heteroatoms. The largest absolute Gasteiger partial charge is 0.490 e. The monoisotopic (exact) mass is 511 g/mol. The number of halogens is 3. The number of rotatable bonds is 9. The summed E-state index contributed by atoms with van der Waals surface area (Å²) in [5, 5.41) is 2.66. The normalized spacial score (nSPS) is 10.8. The Hall–Kier alpha value is -4.64. The van der Waals surface area contributed by atoms with Gasteiger partial charge in [0.15, 0.2) is 0 Å². The number of hydrogen-bond acceptors (Lipinski definition) is 6. The van der Waals surface area contributed by atoms with Crippen LogP contribution in [0, 0.1) is 17.5 Å². The Morgan fingerprint density at radius 2 is 1.73 bits per heavy atom. The van der Waals surface area contributed by atoms with E-state index in [2.05, 4.69) is 10.3 Å². The number of nitrogens with one attached hydrogen (secondary N) is 1. The number of pyridine rings is 1. The first kappa shape index (κ1) is 25.5. The van der Waals surface area contributed by atoms with Crippen molar-refractivity contribution in [1.29, 1.82) is 0 Å². The van der Waals surface area contributed by atoms with Crippen LogP contribution in [0.3, 0.4) is 0 Å². The summed E-state index contributed by atoms with van der Waals surface area (Å²) in [5.74, 6) is -3.92. The van der Waals surface area contributed by atoms with Crippen LogP contribution in [0.25, 0.3) is 10.9 Å². The molecule has 0 radical (unpaired) electrons. The molecule has 0 spiro atoms. The summed E-state index contributed by atoms with van der Waals surface area (Å²) < 4.78 is 58.0. The number of benzene rings is 3. The lowest BCUT2D eigenvalue weighted by atomic mass is 10.1. The molecule has 0 unspecified atom stereocenters. The molecular weight excluding hydrogens is 491 g/mol. The third-order valence-corrected chi connectivity index (χ3v) is 5.21. The first-order chi connectivity index (χ1) is 17.8. The maximum absolute atomic E-state index is 14.7. The third kappa shape index (κ3) is 5.78. The van der Waals surface area contributed by atoms with Crippen LogP contribution in [0.15, 0.2) is 60.8 Å². The van der Waals surface area contributed by atoms with Crippen molar-refractivity contribution in [3.05, 3.63) is 89.4 Å². The lowest BCUT2D eigenvalue weighted by molar-refractivity contribution is 0.0990. The van der Waals surface area contributed by atoms with E-state index in [9.17, 15) is 22.8 Å². The number of methoxy groups -OCH3 is 1.